The van der Waals surface area contributed by atoms with E-state index in [0.717, 1.165) is 25.7 Å². The normalized spacial score (nSPS) is 32.7. The van der Waals surface area contributed by atoms with E-state index in [0.29, 0.717) is 19.4 Å². The Morgan fingerprint density at radius 2 is 2.00 bits per heavy atom. The minimum absolute atomic E-state index is 0.123. The lowest BCUT2D eigenvalue weighted by atomic mass is 9.65. The fourth-order valence-corrected chi connectivity index (χ4v) is 3.42. The first-order valence-corrected chi connectivity index (χ1v) is 6.28. The first-order chi connectivity index (χ1) is 8.12. The SMILES string of the molecule is C=CC(=O)N1CCCC2(C(=O)O)CCCCC12. The summed E-state index contributed by atoms with van der Waals surface area (Å²) in [6, 6.07) is -0.131. The summed E-state index contributed by atoms with van der Waals surface area (Å²) in [4.78, 5) is 25.1. The molecule has 17 heavy (non-hydrogen) atoms. The number of amides is 1. The van der Waals surface area contributed by atoms with E-state index in [4.69, 9.17) is 0 Å². The average Bonchev–Trinajstić information content (AvgIpc) is 2.36. The van der Waals surface area contributed by atoms with Crippen LogP contribution in [0.15, 0.2) is 12.7 Å². The van der Waals surface area contributed by atoms with Crippen LogP contribution in [0.1, 0.15) is 38.5 Å². The molecule has 2 atom stereocenters. The Hall–Kier alpha value is -1.32. The molecule has 2 unspecified atom stereocenters. The minimum Gasteiger partial charge on any atom is -0.481 e. The van der Waals surface area contributed by atoms with Crippen molar-refractivity contribution in [1.29, 1.82) is 0 Å². The van der Waals surface area contributed by atoms with E-state index in [2.05, 4.69) is 6.58 Å². The summed E-state index contributed by atoms with van der Waals surface area (Å²) in [6.45, 7) is 4.17. The predicted molar refractivity (Wildman–Crippen MR) is 63.5 cm³/mol. The smallest absolute Gasteiger partial charge is 0.311 e. The van der Waals surface area contributed by atoms with Gasteiger partial charge < -0.3 is 10.0 Å². The molecule has 1 heterocycles. The Labute approximate surface area is 101 Å². The van der Waals surface area contributed by atoms with Crippen LogP contribution >= 0.6 is 0 Å². The van der Waals surface area contributed by atoms with Crippen LogP contribution in [0, 0.1) is 5.41 Å². The van der Waals surface area contributed by atoms with Crippen LogP contribution in [-0.4, -0.2) is 34.5 Å². The number of carbonyl (C=O) groups is 2. The summed E-state index contributed by atoms with van der Waals surface area (Å²) in [6.07, 6.45) is 6.27. The molecule has 2 fully saturated rings. The van der Waals surface area contributed by atoms with E-state index in [1.807, 2.05) is 0 Å². The number of rotatable bonds is 2. The second-order valence-electron chi connectivity index (χ2n) is 5.06. The van der Waals surface area contributed by atoms with E-state index >= 15 is 0 Å². The number of piperidine rings is 1. The van der Waals surface area contributed by atoms with Crippen molar-refractivity contribution in [3.63, 3.8) is 0 Å². The predicted octanol–water partition coefficient (Wildman–Crippen LogP) is 1.81. The van der Waals surface area contributed by atoms with E-state index < -0.39 is 11.4 Å². The van der Waals surface area contributed by atoms with Crippen LogP contribution in [0.5, 0.6) is 0 Å². The van der Waals surface area contributed by atoms with Gasteiger partial charge in [0.2, 0.25) is 5.91 Å². The third kappa shape index (κ3) is 1.85. The van der Waals surface area contributed by atoms with Gasteiger partial charge in [-0.05, 0) is 31.8 Å². The number of aliphatic carboxylic acids is 1. The highest BCUT2D eigenvalue weighted by atomic mass is 16.4. The molecule has 1 aliphatic heterocycles. The number of carboxylic acids is 1. The zero-order valence-corrected chi connectivity index (χ0v) is 10.0. The van der Waals surface area contributed by atoms with E-state index in [1.165, 1.54) is 6.08 Å². The van der Waals surface area contributed by atoms with Crippen molar-refractivity contribution < 1.29 is 14.7 Å². The van der Waals surface area contributed by atoms with Crippen LogP contribution in [0.2, 0.25) is 0 Å². The Bertz CT molecular complexity index is 349. The number of hydrogen-bond donors (Lipinski definition) is 1. The van der Waals surface area contributed by atoms with Crippen LogP contribution in [0.3, 0.4) is 0 Å². The van der Waals surface area contributed by atoms with E-state index in [1.54, 1.807) is 4.90 Å². The van der Waals surface area contributed by atoms with Gasteiger partial charge in [0, 0.05) is 12.6 Å². The molecule has 4 nitrogen and oxygen atoms in total. The second-order valence-corrected chi connectivity index (χ2v) is 5.06. The monoisotopic (exact) mass is 237 g/mol. The molecule has 4 heteroatoms. The van der Waals surface area contributed by atoms with Crippen molar-refractivity contribution in [3.05, 3.63) is 12.7 Å². The molecule has 1 aliphatic carbocycles. The number of nitrogens with zero attached hydrogens (tertiary/aromatic N) is 1. The molecule has 1 N–H and O–H groups in total. The third-order valence-corrected chi connectivity index (χ3v) is 4.27. The van der Waals surface area contributed by atoms with Crippen molar-refractivity contribution in [2.24, 2.45) is 5.41 Å². The Balaban J connectivity index is 2.31. The molecule has 1 saturated carbocycles. The summed E-state index contributed by atoms with van der Waals surface area (Å²) in [5.74, 6) is -0.856. The quantitative estimate of drug-likeness (QED) is 0.745. The molecule has 2 aliphatic rings. The first-order valence-electron chi connectivity index (χ1n) is 6.28. The van der Waals surface area contributed by atoms with Gasteiger partial charge in [0.15, 0.2) is 0 Å². The van der Waals surface area contributed by atoms with Crippen LogP contribution < -0.4 is 0 Å². The first kappa shape index (κ1) is 12.1. The van der Waals surface area contributed by atoms with Crippen molar-refractivity contribution in [1.82, 2.24) is 4.90 Å². The van der Waals surface area contributed by atoms with Crippen LogP contribution in [0.4, 0.5) is 0 Å². The molecule has 1 saturated heterocycles. The topological polar surface area (TPSA) is 57.6 Å². The molecule has 0 radical (unpaired) electrons. The molecule has 0 aromatic rings. The highest BCUT2D eigenvalue weighted by Gasteiger charge is 2.52. The molecule has 1 amide bonds. The third-order valence-electron chi connectivity index (χ3n) is 4.27. The fraction of sp³-hybridized carbons (Fsp3) is 0.692. The van der Waals surface area contributed by atoms with Crippen LogP contribution in [-0.2, 0) is 9.59 Å². The van der Waals surface area contributed by atoms with E-state index in [9.17, 15) is 14.7 Å². The zero-order valence-electron chi connectivity index (χ0n) is 10.0. The average molecular weight is 237 g/mol. The number of hydrogen-bond acceptors (Lipinski definition) is 2. The lowest BCUT2D eigenvalue weighted by Gasteiger charge is -2.49. The molecule has 0 aromatic carbocycles. The second kappa shape index (κ2) is 4.51. The van der Waals surface area contributed by atoms with Gasteiger partial charge in [0.05, 0.1) is 5.41 Å². The van der Waals surface area contributed by atoms with Crippen LogP contribution in [0.25, 0.3) is 0 Å². The highest BCUT2D eigenvalue weighted by molar-refractivity contribution is 5.88. The zero-order chi connectivity index (χ0) is 12.5. The summed E-state index contributed by atoms with van der Waals surface area (Å²) >= 11 is 0. The molecular formula is C13H19NO3. The number of carbonyl (C=O) groups excluding carboxylic acids is 1. The van der Waals surface area contributed by atoms with Crippen molar-refractivity contribution in [3.8, 4) is 0 Å². The maximum Gasteiger partial charge on any atom is 0.311 e. The van der Waals surface area contributed by atoms with E-state index in [-0.39, 0.29) is 11.9 Å². The summed E-state index contributed by atoms with van der Waals surface area (Å²) < 4.78 is 0. The van der Waals surface area contributed by atoms with Gasteiger partial charge >= 0.3 is 5.97 Å². The van der Waals surface area contributed by atoms with Gasteiger partial charge in [0.1, 0.15) is 0 Å². The molecule has 0 aromatic heterocycles. The van der Waals surface area contributed by atoms with Gasteiger partial charge in [-0.3, -0.25) is 9.59 Å². The Morgan fingerprint density at radius 1 is 1.29 bits per heavy atom. The van der Waals surface area contributed by atoms with Gasteiger partial charge in [-0.1, -0.05) is 19.4 Å². The van der Waals surface area contributed by atoms with Gasteiger partial charge in [-0.25, -0.2) is 0 Å². The fourth-order valence-electron chi connectivity index (χ4n) is 3.42. The minimum atomic E-state index is -0.733. The lowest BCUT2D eigenvalue weighted by molar-refractivity contribution is -0.163. The number of likely N-dealkylation sites (tertiary alicyclic amines) is 1. The summed E-state index contributed by atoms with van der Waals surface area (Å²) in [7, 11) is 0. The van der Waals surface area contributed by atoms with Gasteiger partial charge in [-0.2, -0.15) is 0 Å². The van der Waals surface area contributed by atoms with Gasteiger partial charge in [0.25, 0.3) is 0 Å². The van der Waals surface area contributed by atoms with Crippen molar-refractivity contribution in [2.75, 3.05) is 6.54 Å². The molecule has 94 valence electrons. The maximum atomic E-state index is 11.8. The lowest BCUT2D eigenvalue weighted by Crippen LogP contribution is -2.58. The Morgan fingerprint density at radius 3 is 2.65 bits per heavy atom. The largest absolute Gasteiger partial charge is 0.481 e. The Kier molecular flexibility index (Phi) is 3.22. The molecular weight excluding hydrogens is 218 g/mol. The van der Waals surface area contributed by atoms with Crippen molar-refractivity contribution >= 4 is 11.9 Å². The molecule has 0 bridgehead atoms. The number of fused-ring (bicyclic) bond motifs is 1. The molecule has 0 spiro atoms. The summed E-state index contributed by atoms with van der Waals surface area (Å²) in [5.41, 5.74) is -0.699. The van der Waals surface area contributed by atoms with Crippen molar-refractivity contribution in [2.45, 2.75) is 44.6 Å². The van der Waals surface area contributed by atoms with Gasteiger partial charge in [-0.15, -0.1) is 0 Å². The summed E-state index contributed by atoms with van der Waals surface area (Å²) in [5, 5.41) is 9.53. The highest BCUT2D eigenvalue weighted by Crippen LogP contribution is 2.46. The standard InChI is InChI=1S/C13H19NO3/c1-2-11(15)14-9-5-8-13(12(16)17)7-4-3-6-10(13)14/h2,10H,1,3-9H2,(H,16,17). The molecule has 2 rings (SSSR count). The maximum absolute atomic E-state index is 11.8. The number of carboxylic acid groups (broad SMARTS) is 1.